The van der Waals surface area contributed by atoms with Crippen LogP contribution in [-0.4, -0.2) is 40.0 Å². The highest BCUT2D eigenvalue weighted by molar-refractivity contribution is 6.06. The number of benzene rings is 1. The summed E-state index contributed by atoms with van der Waals surface area (Å²) in [7, 11) is 0. The summed E-state index contributed by atoms with van der Waals surface area (Å²) < 4.78 is 5.05. The third kappa shape index (κ3) is 3.41. The van der Waals surface area contributed by atoms with Gasteiger partial charge in [-0.2, -0.15) is 0 Å². The molecule has 9 heteroatoms. The van der Waals surface area contributed by atoms with Crippen molar-refractivity contribution < 1.29 is 19.0 Å². The van der Waals surface area contributed by atoms with E-state index in [1.807, 2.05) is 0 Å². The van der Waals surface area contributed by atoms with Crippen LogP contribution in [0.4, 0.5) is 11.5 Å². The number of carbonyl (C=O) groups excluding carboxylic acids is 2. The van der Waals surface area contributed by atoms with Crippen molar-refractivity contribution in [1.82, 2.24) is 10.1 Å². The first-order chi connectivity index (χ1) is 12.4. The average molecular weight is 358 g/mol. The number of nitrogens with zero attached hydrogens (tertiary/aromatic N) is 4. The van der Waals surface area contributed by atoms with Crippen LogP contribution in [0.3, 0.4) is 0 Å². The third-order valence-corrected chi connectivity index (χ3v) is 4.27. The van der Waals surface area contributed by atoms with Gasteiger partial charge in [-0.05, 0) is 26.3 Å². The standard InChI is InChI=1S/C17H18N4O5/c1-11-5-6-13(9-14(11)21(24)25)17(23)20(15-8-12(2)26-18-15)10-19-7-3-4-16(19)22/h5-6,8-9H,3-4,7,10H2,1-2H3. The minimum Gasteiger partial charge on any atom is -0.360 e. The number of anilines is 1. The number of nitro groups is 1. The Bertz CT molecular complexity index is 876. The molecule has 1 aliphatic heterocycles. The van der Waals surface area contributed by atoms with Gasteiger partial charge in [0.15, 0.2) is 5.82 Å². The molecule has 2 amide bonds. The summed E-state index contributed by atoms with van der Waals surface area (Å²) in [6.07, 6.45) is 1.17. The Balaban J connectivity index is 1.95. The van der Waals surface area contributed by atoms with E-state index in [4.69, 9.17) is 4.52 Å². The summed E-state index contributed by atoms with van der Waals surface area (Å²) >= 11 is 0. The van der Waals surface area contributed by atoms with E-state index in [2.05, 4.69) is 5.16 Å². The molecule has 2 heterocycles. The molecule has 0 atom stereocenters. The molecule has 1 aromatic carbocycles. The Morgan fingerprint density at radius 2 is 2.15 bits per heavy atom. The van der Waals surface area contributed by atoms with Gasteiger partial charge in [0.05, 0.1) is 4.92 Å². The van der Waals surface area contributed by atoms with Gasteiger partial charge < -0.3 is 9.42 Å². The fourth-order valence-electron chi connectivity index (χ4n) is 2.84. The largest absolute Gasteiger partial charge is 0.360 e. The number of nitro benzene ring substituents is 1. The summed E-state index contributed by atoms with van der Waals surface area (Å²) in [6, 6.07) is 5.87. The number of hydrogen-bond acceptors (Lipinski definition) is 6. The lowest BCUT2D eigenvalue weighted by molar-refractivity contribution is -0.385. The molecular formula is C17H18N4O5. The molecule has 0 spiro atoms. The van der Waals surface area contributed by atoms with Crippen LogP contribution < -0.4 is 4.90 Å². The lowest BCUT2D eigenvalue weighted by Gasteiger charge is -2.25. The zero-order valence-corrected chi connectivity index (χ0v) is 14.5. The number of hydrogen-bond donors (Lipinski definition) is 0. The molecule has 3 rings (SSSR count). The molecule has 136 valence electrons. The molecule has 1 fully saturated rings. The fourth-order valence-corrected chi connectivity index (χ4v) is 2.84. The van der Waals surface area contributed by atoms with Crippen molar-refractivity contribution in [1.29, 1.82) is 0 Å². The van der Waals surface area contributed by atoms with Gasteiger partial charge >= 0.3 is 0 Å². The Kier molecular flexibility index (Phi) is 4.70. The second-order valence-electron chi connectivity index (χ2n) is 6.19. The number of aromatic nitrogens is 1. The number of likely N-dealkylation sites (tertiary alicyclic amines) is 1. The van der Waals surface area contributed by atoms with E-state index in [9.17, 15) is 19.7 Å². The fraction of sp³-hybridized carbons (Fsp3) is 0.353. The molecule has 9 nitrogen and oxygen atoms in total. The van der Waals surface area contributed by atoms with E-state index < -0.39 is 10.8 Å². The van der Waals surface area contributed by atoms with Gasteiger partial charge in [-0.1, -0.05) is 11.2 Å². The quantitative estimate of drug-likeness (QED) is 0.600. The lowest BCUT2D eigenvalue weighted by Crippen LogP contribution is -2.42. The van der Waals surface area contributed by atoms with Crippen LogP contribution in [-0.2, 0) is 4.79 Å². The van der Waals surface area contributed by atoms with Crippen molar-refractivity contribution in [2.75, 3.05) is 18.1 Å². The summed E-state index contributed by atoms with van der Waals surface area (Å²) in [5.41, 5.74) is 0.476. The number of amides is 2. The van der Waals surface area contributed by atoms with Crippen molar-refractivity contribution >= 4 is 23.3 Å². The predicted octanol–water partition coefficient (Wildman–Crippen LogP) is 2.43. The van der Waals surface area contributed by atoms with Gasteiger partial charge in [0, 0.05) is 36.2 Å². The van der Waals surface area contributed by atoms with Gasteiger partial charge in [0.2, 0.25) is 5.91 Å². The maximum atomic E-state index is 13.0. The average Bonchev–Trinajstić information content (AvgIpc) is 3.20. The van der Waals surface area contributed by atoms with Crippen molar-refractivity contribution in [3.05, 3.63) is 51.3 Å². The molecule has 0 radical (unpaired) electrons. The van der Waals surface area contributed by atoms with Crippen LogP contribution >= 0.6 is 0 Å². The smallest absolute Gasteiger partial charge is 0.273 e. The molecule has 0 saturated carbocycles. The highest BCUT2D eigenvalue weighted by atomic mass is 16.6. The van der Waals surface area contributed by atoms with Crippen LogP contribution in [0, 0.1) is 24.0 Å². The maximum absolute atomic E-state index is 13.0. The van der Waals surface area contributed by atoms with Crippen LogP contribution in [0.25, 0.3) is 0 Å². The highest BCUT2D eigenvalue weighted by Gasteiger charge is 2.29. The van der Waals surface area contributed by atoms with Gasteiger partial charge in [-0.3, -0.25) is 24.6 Å². The van der Waals surface area contributed by atoms with Gasteiger partial charge in [-0.15, -0.1) is 0 Å². The summed E-state index contributed by atoms with van der Waals surface area (Å²) in [5.74, 6) is 0.245. The second kappa shape index (κ2) is 6.95. The maximum Gasteiger partial charge on any atom is 0.273 e. The van der Waals surface area contributed by atoms with Gasteiger partial charge in [0.1, 0.15) is 12.4 Å². The van der Waals surface area contributed by atoms with Gasteiger partial charge in [0.25, 0.3) is 11.6 Å². The van der Waals surface area contributed by atoms with Crippen LogP contribution in [0.5, 0.6) is 0 Å². The molecule has 1 saturated heterocycles. The first-order valence-electron chi connectivity index (χ1n) is 8.15. The normalized spacial score (nSPS) is 13.9. The molecule has 1 aromatic heterocycles. The summed E-state index contributed by atoms with van der Waals surface area (Å²) in [6.45, 7) is 3.86. The summed E-state index contributed by atoms with van der Waals surface area (Å²) in [5, 5.41) is 15.0. The van der Waals surface area contributed by atoms with E-state index in [1.54, 1.807) is 24.8 Å². The molecule has 0 aliphatic carbocycles. The van der Waals surface area contributed by atoms with Crippen LogP contribution in [0.2, 0.25) is 0 Å². The van der Waals surface area contributed by atoms with Crippen LogP contribution in [0.15, 0.2) is 28.8 Å². The van der Waals surface area contributed by atoms with E-state index in [-0.39, 0.29) is 29.6 Å². The van der Waals surface area contributed by atoms with Crippen LogP contribution in [0.1, 0.15) is 34.5 Å². The van der Waals surface area contributed by atoms with E-state index in [0.29, 0.717) is 24.3 Å². The van der Waals surface area contributed by atoms with E-state index >= 15 is 0 Å². The number of rotatable bonds is 5. The first-order valence-corrected chi connectivity index (χ1v) is 8.15. The Labute approximate surface area is 149 Å². The van der Waals surface area contributed by atoms with Gasteiger partial charge in [-0.25, -0.2) is 0 Å². The zero-order valence-electron chi connectivity index (χ0n) is 14.5. The molecule has 2 aromatic rings. The van der Waals surface area contributed by atoms with E-state index in [1.165, 1.54) is 23.1 Å². The molecular weight excluding hydrogens is 340 g/mol. The number of aryl methyl sites for hydroxylation is 2. The minimum atomic E-state index is -0.527. The Morgan fingerprint density at radius 1 is 1.38 bits per heavy atom. The second-order valence-corrected chi connectivity index (χ2v) is 6.19. The first kappa shape index (κ1) is 17.6. The molecule has 0 unspecified atom stereocenters. The highest BCUT2D eigenvalue weighted by Crippen LogP contribution is 2.24. The van der Waals surface area contributed by atoms with Crippen molar-refractivity contribution in [2.45, 2.75) is 26.7 Å². The Morgan fingerprint density at radius 3 is 2.73 bits per heavy atom. The molecule has 26 heavy (non-hydrogen) atoms. The molecule has 0 N–H and O–H groups in total. The SMILES string of the molecule is Cc1cc(N(CN2CCCC2=O)C(=O)c2ccc(C)c([N+](=O)[O-])c2)no1. The third-order valence-electron chi connectivity index (χ3n) is 4.27. The zero-order chi connectivity index (χ0) is 18.8. The van der Waals surface area contributed by atoms with E-state index in [0.717, 1.165) is 6.42 Å². The van der Waals surface area contributed by atoms with Crippen molar-refractivity contribution in [3.63, 3.8) is 0 Å². The lowest BCUT2D eigenvalue weighted by atomic mass is 10.1. The number of carbonyl (C=O) groups is 2. The Hall–Kier alpha value is -3.23. The van der Waals surface area contributed by atoms with Crippen molar-refractivity contribution in [3.8, 4) is 0 Å². The minimum absolute atomic E-state index is 0.0192. The molecule has 1 aliphatic rings. The van der Waals surface area contributed by atoms with Crippen molar-refractivity contribution in [2.24, 2.45) is 0 Å². The molecule has 0 bridgehead atoms. The predicted molar refractivity (Wildman–Crippen MR) is 91.7 cm³/mol. The summed E-state index contributed by atoms with van der Waals surface area (Å²) in [4.78, 5) is 38.5. The monoisotopic (exact) mass is 358 g/mol. The topological polar surface area (TPSA) is 110 Å².